The van der Waals surface area contributed by atoms with Crippen molar-refractivity contribution in [3.8, 4) is 0 Å². The molecule has 0 saturated heterocycles. The SMILES string of the molecule is CCCNCCc1nnc(C(C)CCC)o1. The zero-order chi connectivity index (χ0) is 11.8. The van der Waals surface area contributed by atoms with Gasteiger partial charge in [-0.05, 0) is 19.4 Å². The van der Waals surface area contributed by atoms with E-state index < -0.39 is 0 Å². The van der Waals surface area contributed by atoms with E-state index in [4.69, 9.17) is 4.42 Å². The molecular formula is C12H23N3O. The van der Waals surface area contributed by atoms with Gasteiger partial charge >= 0.3 is 0 Å². The Morgan fingerprint density at radius 2 is 2.00 bits per heavy atom. The van der Waals surface area contributed by atoms with Crippen LogP contribution in [-0.4, -0.2) is 23.3 Å². The smallest absolute Gasteiger partial charge is 0.219 e. The van der Waals surface area contributed by atoms with Crippen LogP contribution in [0.25, 0.3) is 0 Å². The summed E-state index contributed by atoms with van der Waals surface area (Å²) in [5.41, 5.74) is 0. The molecule has 1 aromatic heterocycles. The Labute approximate surface area is 97.8 Å². The summed E-state index contributed by atoms with van der Waals surface area (Å²) in [5.74, 6) is 1.92. The van der Waals surface area contributed by atoms with Gasteiger partial charge in [0.15, 0.2) is 0 Å². The molecular weight excluding hydrogens is 202 g/mol. The number of nitrogens with one attached hydrogen (secondary N) is 1. The van der Waals surface area contributed by atoms with Gasteiger partial charge < -0.3 is 9.73 Å². The van der Waals surface area contributed by atoms with Gasteiger partial charge in [0.25, 0.3) is 0 Å². The number of aromatic nitrogens is 2. The van der Waals surface area contributed by atoms with Crippen molar-refractivity contribution >= 4 is 0 Å². The van der Waals surface area contributed by atoms with Crippen LogP contribution in [0, 0.1) is 0 Å². The third-order valence-electron chi connectivity index (χ3n) is 2.57. The molecule has 0 aliphatic rings. The second-order valence-electron chi connectivity index (χ2n) is 4.22. The highest BCUT2D eigenvalue weighted by Gasteiger charge is 2.12. The molecule has 1 aromatic rings. The quantitative estimate of drug-likeness (QED) is 0.691. The van der Waals surface area contributed by atoms with Crippen LogP contribution in [-0.2, 0) is 6.42 Å². The van der Waals surface area contributed by atoms with Crippen LogP contribution < -0.4 is 5.32 Å². The Morgan fingerprint density at radius 3 is 2.69 bits per heavy atom. The molecule has 1 unspecified atom stereocenters. The van der Waals surface area contributed by atoms with Crippen LogP contribution in [0.3, 0.4) is 0 Å². The second kappa shape index (κ2) is 7.39. The summed E-state index contributed by atoms with van der Waals surface area (Å²) in [4.78, 5) is 0. The monoisotopic (exact) mass is 225 g/mol. The Morgan fingerprint density at radius 1 is 1.19 bits per heavy atom. The van der Waals surface area contributed by atoms with Crippen LogP contribution in [0.1, 0.15) is 57.7 Å². The minimum Gasteiger partial charge on any atom is -0.425 e. The lowest BCUT2D eigenvalue weighted by Crippen LogP contribution is -2.17. The van der Waals surface area contributed by atoms with Crippen molar-refractivity contribution in [2.75, 3.05) is 13.1 Å². The highest BCUT2D eigenvalue weighted by molar-refractivity contribution is 4.89. The molecule has 1 rings (SSSR count). The van der Waals surface area contributed by atoms with Crippen LogP contribution in [0.2, 0.25) is 0 Å². The van der Waals surface area contributed by atoms with Gasteiger partial charge in [0.1, 0.15) is 0 Å². The van der Waals surface area contributed by atoms with Gasteiger partial charge in [0, 0.05) is 18.9 Å². The van der Waals surface area contributed by atoms with Crippen molar-refractivity contribution in [1.29, 1.82) is 0 Å². The number of hydrogen-bond acceptors (Lipinski definition) is 4. The zero-order valence-corrected chi connectivity index (χ0v) is 10.6. The number of nitrogens with zero attached hydrogens (tertiary/aromatic N) is 2. The third kappa shape index (κ3) is 4.31. The van der Waals surface area contributed by atoms with E-state index in [-0.39, 0.29) is 0 Å². The average Bonchev–Trinajstić information content (AvgIpc) is 2.73. The molecule has 0 bridgehead atoms. The van der Waals surface area contributed by atoms with Crippen molar-refractivity contribution in [3.05, 3.63) is 11.8 Å². The van der Waals surface area contributed by atoms with Gasteiger partial charge in [-0.15, -0.1) is 10.2 Å². The summed E-state index contributed by atoms with van der Waals surface area (Å²) in [5, 5.41) is 11.5. The molecule has 4 heteroatoms. The fourth-order valence-electron chi connectivity index (χ4n) is 1.62. The third-order valence-corrected chi connectivity index (χ3v) is 2.57. The molecule has 0 aliphatic heterocycles. The molecule has 16 heavy (non-hydrogen) atoms. The van der Waals surface area contributed by atoms with E-state index in [0.29, 0.717) is 5.92 Å². The summed E-state index contributed by atoms with van der Waals surface area (Å²) in [6.45, 7) is 8.42. The Bertz CT molecular complexity index is 286. The van der Waals surface area contributed by atoms with Crippen molar-refractivity contribution in [3.63, 3.8) is 0 Å². The van der Waals surface area contributed by atoms with Crippen molar-refractivity contribution in [2.24, 2.45) is 0 Å². The second-order valence-corrected chi connectivity index (χ2v) is 4.22. The molecule has 1 N–H and O–H groups in total. The first kappa shape index (κ1) is 13.2. The summed E-state index contributed by atoms with van der Waals surface area (Å²) < 4.78 is 5.62. The first-order chi connectivity index (χ1) is 7.77. The first-order valence-corrected chi connectivity index (χ1v) is 6.30. The first-order valence-electron chi connectivity index (χ1n) is 6.30. The van der Waals surface area contributed by atoms with Gasteiger partial charge in [-0.2, -0.15) is 0 Å². The van der Waals surface area contributed by atoms with Gasteiger partial charge in [-0.25, -0.2) is 0 Å². The Balaban J connectivity index is 2.33. The maximum atomic E-state index is 5.62. The van der Waals surface area contributed by atoms with Crippen molar-refractivity contribution in [1.82, 2.24) is 15.5 Å². The van der Waals surface area contributed by atoms with Gasteiger partial charge in [-0.3, -0.25) is 0 Å². The van der Waals surface area contributed by atoms with Crippen molar-refractivity contribution < 1.29 is 4.42 Å². The molecule has 4 nitrogen and oxygen atoms in total. The van der Waals surface area contributed by atoms with Crippen molar-refractivity contribution in [2.45, 2.75) is 52.4 Å². The molecule has 0 amide bonds. The molecule has 0 saturated carbocycles. The Hall–Kier alpha value is -0.900. The van der Waals surface area contributed by atoms with E-state index in [1.165, 1.54) is 0 Å². The highest BCUT2D eigenvalue weighted by atomic mass is 16.4. The van der Waals surface area contributed by atoms with E-state index in [1.807, 2.05) is 0 Å². The average molecular weight is 225 g/mol. The number of hydrogen-bond donors (Lipinski definition) is 1. The highest BCUT2D eigenvalue weighted by Crippen LogP contribution is 2.18. The Kier molecular flexibility index (Phi) is 6.08. The molecule has 1 heterocycles. The van der Waals surface area contributed by atoms with E-state index in [9.17, 15) is 0 Å². The summed E-state index contributed by atoms with van der Waals surface area (Å²) in [7, 11) is 0. The minimum atomic E-state index is 0.384. The molecule has 0 fully saturated rings. The molecule has 0 aromatic carbocycles. The lowest BCUT2D eigenvalue weighted by atomic mass is 10.1. The lowest BCUT2D eigenvalue weighted by molar-refractivity contribution is 0.410. The largest absolute Gasteiger partial charge is 0.425 e. The molecule has 0 radical (unpaired) electrons. The van der Waals surface area contributed by atoms with E-state index >= 15 is 0 Å². The van der Waals surface area contributed by atoms with E-state index in [2.05, 4.69) is 36.3 Å². The fraction of sp³-hybridized carbons (Fsp3) is 0.833. The molecule has 92 valence electrons. The van der Waals surface area contributed by atoms with Crippen LogP contribution in [0.5, 0.6) is 0 Å². The van der Waals surface area contributed by atoms with E-state index in [1.54, 1.807) is 0 Å². The molecule has 1 atom stereocenters. The van der Waals surface area contributed by atoms with Crippen LogP contribution in [0.15, 0.2) is 4.42 Å². The summed E-state index contributed by atoms with van der Waals surface area (Å²) >= 11 is 0. The van der Waals surface area contributed by atoms with Gasteiger partial charge in [0.05, 0.1) is 0 Å². The van der Waals surface area contributed by atoms with E-state index in [0.717, 1.165) is 50.6 Å². The molecule has 0 spiro atoms. The van der Waals surface area contributed by atoms with Gasteiger partial charge in [0.2, 0.25) is 11.8 Å². The molecule has 0 aliphatic carbocycles. The predicted molar refractivity (Wildman–Crippen MR) is 64.5 cm³/mol. The summed E-state index contributed by atoms with van der Waals surface area (Å²) in [6, 6.07) is 0. The maximum Gasteiger partial charge on any atom is 0.219 e. The van der Waals surface area contributed by atoms with Gasteiger partial charge in [-0.1, -0.05) is 27.2 Å². The maximum absolute atomic E-state index is 5.62. The standard InChI is InChI=1S/C12H23N3O/c1-4-6-10(3)12-15-14-11(16-12)7-9-13-8-5-2/h10,13H,4-9H2,1-3H3. The summed E-state index contributed by atoms with van der Waals surface area (Å²) in [6.07, 6.45) is 4.24. The minimum absolute atomic E-state index is 0.384. The fourth-order valence-corrected chi connectivity index (χ4v) is 1.62. The lowest BCUT2D eigenvalue weighted by Gasteiger charge is -2.02. The zero-order valence-electron chi connectivity index (χ0n) is 10.6. The topological polar surface area (TPSA) is 51.0 Å². The van der Waals surface area contributed by atoms with Crippen LogP contribution >= 0.6 is 0 Å². The number of rotatable bonds is 8. The predicted octanol–water partition coefficient (Wildman–Crippen LogP) is 2.52. The normalized spacial score (nSPS) is 12.9. The van der Waals surface area contributed by atoms with Crippen LogP contribution in [0.4, 0.5) is 0 Å².